The van der Waals surface area contributed by atoms with Gasteiger partial charge in [0.2, 0.25) is 0 Å². The molecule has 0 unspecified atom stereocenters. The van der Waals surface area contributed by atoms with Gasteiger partial charge in [-0.15, -0.1) is 0 Å². The molecule has 3 nitrogen and oxygen atoms in total. The first-order valence-corrected chi connectivity index (χ1v) is 4.26. The predicted molar refractivity (Wildman–Crippen MR) is 35.4 cm³/mol. The fourth-order valence-corrected chi connectivity index (χ4v) is 0.816. The average Bonchev–Trinajstić information content (AvgIpc) is 1.81. The van der Waals surface area contributed by atoms with Crippen LogP contribution in [-0.4, -0.2) is 36.3 Å². The van der Waals surface area contributed by atoms with Crippen molar-refractivity contribution in [3.63, 3.8) is 0 Å². The number of hydrogen-bond acceptors (Lipinski definition) is 3. The van der Waals surface area contributed by atoms with Crippen LogP contribution in [0.2, 0.25) is 0 Å². The summed E-state index contributed by atoms with van der Waals surface area (Å²) >= 11 is 0. The molecule has 0 aromatic heterocycles. The van der Waals surface area contributed by atoms with E-state index in [2.05, 4.69) is 0 Å². The van der Waals surface area contributed by atoms with Gasteiger partial charge in [-0.1, -0.05) is 0 Å². The maximum atomic E-state index is 5.21. The molecule has 0 aliphatic rings. The molecule has 50 valence electrons. The molecular formula is C4H13NO2Si. The Morgan fingerprint density at radius 1 is 1.50 bits per heavy atom. The topological polar surface area (TPSA) is 44.5 Å². The second kappa shape index (κ2) is 7.10. The molecule has 0 aromatic rings. The summed E-state index contributed by atoms with van der Waals surface area (Å²) in [5, 5.41) is 0. The maximum Gasteiger partial charge on any atom is 0.174 e. The Kier molecular flexibility index (Phi) is 7.18. The molecule has 0 amide bonds. The third-order valence-corrected chi connectivity index (χ3v) is 1.51. The lowest BCUT2D eigenvalue weighted by Crippen LogP contribution is -2.14. The molecule has 8 heavy (non-hydrogen) atoms. The molecule has 0 heterocycles. The van der Waals surface area contributed by atoms with Gasteiger partial charge >= 0.3 is 0 Å². The van der Waals surface area contributed by atoms with Gasteiger partial charge in [-0.05, 0) is 0 Å². The Bertz CT molecular complexity index is 39.0. The highest BCUT2D eigenvalue weighted by Gasteiger charge is 1.82. The van der Waals surface area contributed by atoms with Gasteiger partial charge in [-0.2, -0.15) is 0 Å². The molecule has 0 bridgehead atoms. The summed E-state index contributed by atoms with van der Waals surface area (Å²) < 4.78 is 9.86. The third kappa shape index (κ3) is 6.10. The van der Waals surface area contributed by atoms with E-state index in [1.807, 2.05) is 0 Å². The Labute approximate surface area is 52.1 Å². The van der Waals surface area contributed by atoms with Crippen molar-refractivity contribution in [3.05, 3.63) is 0 Å². The highest BCUT2D eigenvalue weighted by Crippen LogP contribution is 1.69. The third-order valence-electron chi connectivity index (χ3n) is 0.694. The zero-order chi connectivity index (χ0) is 6.24. The minimum atomic E-state index is -0.401. The van der Waals surface area contributed by atoms with E-state index in [9.17, 15) is 0 Å². The second-order valence-corrected chi connectivity index (χ2v) is 2.79. The van der Waals surface area contributed by atoms with Crippen molar-refractivity contribution in [2.75, 3.05) is 26.5 Å². The van der Waals surface area contributed by atoms with Gasteiger partial charge in [0.05, 0.1) is 13.2 Å². The fourth-order valence-electron chi connectivity index (χ4n) is 0.328. The molecular weight excluding hydrogens is 122 g/mol. The van der Waals surface area contributed by atoms with Crippen molar-refractivity contribution in [1.29, 1.82) is 0 Å². The largest absolute Gasteiger partial charge is 0.420 e. The number of nitrogens with two attached hydrogens (primary N) is 1. The molecule has 0 aromatic carbocycles. The molecule has 0 fully saturated rings. The van der Waals surface area contributed by atoms with E-state index in [0.29, 0.717) is 13.2 Å². The quantitative estimate of drug-likeness (QED) is 0.374. The first kappa shape index (κ1) is 8.10. The summed E-state index contributed by atoms with van der Waals surface area (Å²) in [5.74, 6) is 0. The number of methoxy groups -OCH3 is 1. The van der Waals surface area contributed by atoms with E-state index in [1.165, 1.54) is 0 Å². The van der Waals surface area contributed by atoms with Crippen LogP contribution in [0.3, 0.4) is 0 Å². The van der Waals surface area contributed by atoms with Crippen molar-refractivity contribution in [2.24, 2.45) is 5.73 Å². The average molecular weight is 135 g/mol. The van der Waals surface area contributed by atoms with Gasteiger partial charge in [0.1, 0.15) is 0 Å². The number of rotatable bonds is 5. The minimum Gasteiger partial charge on any atom is -0.420 e. The van der Waals surface area contributed by atoms with Gasteiger partial charge in [0, 0.05) is 13.3 Å². The molecule has 0 rings (SSSR count). The molecule has 0 aliphatic heterocycles. The summed E-state index contributed by atoms with van der Waals surface area (Å²) in [7, 11) is 1.26. The zero-order valence-electron chi connectivity index (χ0n) is 5.22. The summed E-state index contributed by atoms with van der Waals surface area (Å²) in [6.07, 6.45) is 0.726. The van der Waals surface area contributed by atoms with Crippen LogP contribution in [0.25, 0.3) is 0 Å². The molecule has 2 N–H and O–H groups in total. The van der Waals surface area contributed by atoms with Crippen LogP contribution < -0.4 is 5.73 Å². The first-order chi connectivity index (χ1) is 3.91. The molecule has 0 saturated carbocycles. The Morgan fingerprint density at radius 3 is 2.75 bits per heavy atom. The Morgan fingerprint density at radius 2 is 2.25 bits per heavy atom. The van der Waals surface area contributed by atoms with E-state index in [-0.39, 0.29) is 0 Å². The molecule has 0 atom stereocenters. The van der Waals surface area contributed by atoms with E-state index in [0.717, 1.165) is 6.17 Å². The molecule has 0 saturated heterocycles. The van der Waals surface area contributed by atoms with Gasteiger partial charge < -0.3 is 14.9 Å². The molecule has 0 radical (unpaired) electrons. The van der Waals surface area contributed by atoms with Gasteiger partial charge in [-0.25, -0.2) is 0 Å². The predicted octanol–water partition coefficient (Wildman–Crippen LogP) is -1.35. The van der Waals surface area contributed by atoms with Crippen molar-refractivity contribution in [3.8, 4) is 0 Å². The summed E-state index contributed by atoms with van der Waals surface area (Å²) in [4.78, 5) is 0. The smallest absolute Gasteiger partial charge is 0.174 e. The summed E-state index contributed by atoms with van der Waals surface area (Å²) in [5.41, 5.74) is 5.21. The van der Waals surface area contributed by atoms with E-state index in [1.54, 1.807) is 7.11 Å². The van der Waals surface area contributed by atoms with Gasteiger partial charge in [-0.3, -0.25) is 0 Å². The lowest BCUT2D eigenvalue weighted by atomic mass is 10.8. The van der Waals surface area contributed by atoms with Crippen molar-refractivity contribution >= 4 is 9.76 Å². The van der Waals surface area contributed by atoms with Crippen LogP contribution in [0.5, 0.6) is 0 Å². The number of ether oxygens (including phenoxy) is 1. The Hall–Kier alpha value is 0.0969. The van der Waals surface area contributed by atoms with Crippen LogP contribution in [0.15, 0.2) is 0 Å². The highest BCUT2D eigenvalue weighted by molar-refractivity contribution is 6.27. The first-order valence-electron chi connectivity index (χ1n) is 2.68. The van der Waals surface area contributed by atoms with Crippen molar-refractivity contribution < 1.29 is 9.16 Å². The second-order valence-electron chi connectivity index (χ2n) is 1.39. The minimum absolute atomic E-state index is 0.401. The van der Waals surface area contributed by atoms with Crippen LogP contribution in [-0.2, 0) is 9.16 Å². The lowest BCUT2D eigenvalue weighted by molar-refractivity contribution is 0.149. The number of hydrogen-bond donors (Lipinski definition) is 1. The monoisotopic (exact) mass is 135 g/mol. The van der Waals surface area contributed by atoms with Crippen LogP contribution in [0, 0.1) is 0 Å². The van der Waals surface area contributed by atoms with Crippen molar-refractivity contribution in [1.82, 2.24) is 0 Å². The highest BCUT2D eigenvalue weighted by atomic mass is 28.2. The van der Waals surface area contributed by atoms with E-state index in [4.69, 9.17) is 14.9 Å². The molecule has 4 heteroatoms. The van der Waals surface area contributed by atoms with Gasteiger partial charge in [0.25, 0.3) is 0 Å². The molecule has 0 aliphatic carbocycles. The van der Waals surface area contributed by atoms with Crippen molar-refractivity contribution in [2.45, 2.75) is 0 Å². The summed E-state index contributed by atoms with van der Waals surface area (Å²) in [6.45, 7) is 1.40. The van der Waals surface area contributed by atoms with Crippen LogP contribution in [0.4, 0.5) is 0 Å². The fraction of sp³-hybridized carbons (Fsp3) is 1.00. The zero-order valence-corrected chi connectivity index (χ0v) is 6.64. The lowest BCUT2D eigenvalue weighted by Gasteiger charge is -1.98. The van der Waals surface area contributed by atoms with E-state index >= 15 is 0 Å². The molecule has 0 spiro atoms. The van der Waals surface area contributed by atoms with Crippen LogP contribution >= 0.6 is 0 Å². The SMILES string of the molecule is COCCO[SiH2]CN. The standard InChI is InChI=1S/C4H13NO2Si/c1-6-2-3-7-8-4-5/h2-5,8H2,1H3. The van der Waals surface area contributed by atoms with E-state index < -0.39 is 9.76 Å². The van der Waals surface area contributed by atoms with Gasteiger partial charge in [0.15, 0.2) is 9.76 Å². The summed E-state index contributed by atoms with van der Waals surface area (Å²) in [6, 6.07) is 0. The van der Waals surface area contributed by atoms with Crippen LogP contribution in [0.1, 0.15) is 0 Å². The normalized spacial score (nSPS) is 11.2. The Balaban J connectivity index is 2.53. The maximum absolute atomic E-state index is 5.21.